The van der Waals surface area contributed by atoms with Crippen LogP contribution in [0.15, 0.2) is 18.2 Å². The van der Waals surface area contributed by atoms with Crippen molar-refractivity contribution in [2.45, 2.75) is 20.8 Å². The van der Waals surface area contributed by atoms with E-state index in [0.29, 0.717) is 17.4 Å². The molecule has 0 aliphatic carbocycles. The van der Waals surface area contributed by atoms with E-state index in [-0.39, 0.29) is 5.56 Å². The first kappa shape index (κ1) is 12.4. The Morgan fingerprint density at radius 3 is 2.36 bits per heavy atom. The van der Waals surface area contributed by atoms with Gasteiger partial charge in [0.1, 0.15) is 6.29 Å². The van der Waals surface area contributed by atoms with Crippen molar-refractivity contribution in [3.8, 4) is 0 Å². The second-order valence-electron chi connectivity index (χ2n) is 2.44. The first-order chi connectivity index (χ1) is 6.66. The second-order valence-corrected chi connectivity index (χ2v) is 2.44. The standard InChI is InChI=1S/C9H8O3.C2H6/c1-6-7(5-10)3-2-4-8(6)9(11)12;1-2/h2-5H,1H3,(H,11,12);1-2H3. The van der Waals surface area contributed by atoms with Crippen molar-refractivity contribution in [3.63, 3.8) is 0 Å². The van der Waals surface area contributed by atoms with Gasteiger partial charge in [-0.2, -0.15) is 0 Å². The molecule has 0 spiro atoms. The predicted octanol–water partition coefficient (Wildman–Crippen LogP) is 2.53. The third-order valence-corrected chi connectivity index (χ3v) is 1.73. The lowest BCUT2D eigenvalue weighted by molar-refractivity contribution is 0.0696. The molecule has 1 rings (SSSR count). The van der Waals surface area contributed by atoms with Crippen LogP contribution < -0.4 is 0 Å². The van der Waals surface area contributed by atoms with E-state index in [1.807, 2.05) is 13.8 Å². The Morgan fingerprint density at radius 2 is 1.93 bits per heavy atom. The molecule has 1 aromatic rings. The topological polar surface area (TPSA) is 54.4 Å². The minimum absolute atomic E-state index is 0.180. The molecule has 14 heavy (non-hydrogen) atoms. The van der Waals surface area contributed by atoms with Gasteiger partial charge in [0.05, 0.1) is 5.56 Å². The molecule has 0 aliphatic rings. The third-order valence-electron chi connectivity index (χ3n) is 1.73. The van der Waals surface area contributed by atoms with Gasteiger partial charge in [0.15, 0.2) is 0 Å². The van der Waals surface area contributed by atoms with E-state index in [9.17, 15) is 9.59 Å². The average Bonchev–Trinajstić information content (AvgIpc) is 2.21. The van der Waals surface area contributed by atoms with Crippen LogP contribution in [0.1, 0.15) is 40.1 Å². The summed E-state index contributed by atoms with van der Waals surface area (Å²) in [5, 5.41) is 8.67. The third kappa shape index (κ3) is 2.69. The highest BCUT2D eigenvalue weighted by atomic mass is 16.4. The molecule has 0 unspecified atom stereocenters. The van der Waals surface area contributed by atoms with Gasteiger partial charge in [-0.05, 0) is 18.6 Å². The zero-order valence-corrected chi connectivity index (χ0v) is 8.57. The van der Waals surface area contributed by atoms with Gasteiger partial charge in [-0.1, -0.05) is 26.0 Å². The van der Waals surface area contributed by atoms with Crippen molar-refractivity contribution < 1.29 is 14.7 Å². The Labute approximate surface area is 83.4 Å². The fourth-order valence-electron chi connectivity index (χ4n) is 1.01. The maximum absolute atomic E-state index is 10.6. The highest BCUT2D eigenvalue weighted by molar-refractivity contribution is 5.92. The van der Waals surface area contributed by atoms with Gasteiger partial charge in [-0.3, -0.25) is 4.79 Å². The molecule has 3 heteroatoms. The molecule has 0 aliphatic heterocycles. The van der Waals surface area contributed by atoms with Gasteiger partial charge < -0.3 is 5.11 Å². The molecule has 0 saturated carbocycles. The number of carboxylic acid groups (broad SMARTS) is 1. The lowest BCUT2D eigenvalue weighted by Crippen LogP contribution is -2.01. The van der Waals surface area contributed by atoms with E-state index in [4.69, 9.17) is 5.11 Å². The van der Waals surface area contributed by atoms with Crippen LogP contribution >= 0.6 is 0 Å². The first-order valence-electron chi connectivity index (χ1n) is 4.45. The van der Waals surface area contributed by atoms with Gasteiger partial charge in [0.25, 0.3) is 0 Å². The summed E-state index contributed by atoms with van der Waals surface area (Å²) in [7, 11) is 0. The molecule has 0 radical (unpaired) electrons. The van der Waals surface area contributed by atoms with E-state index >= 15 is 0 Å². The Hall–Kier alpha value is -1.64. The number of aromatic carboxylic acids is 1. The van der Waals surface area contributed by atoms with Crippen LogP contribution in [0.4, 0.5) is 0 Å². The summed E-state index contributed by atoms with van der Waals surface area (Å²) in [4.78, 5) is 21.0. The molecular weight excluding hydrogens is 180 g/mol. The summed E-state index contributed by atoms with van der Waals surface area (Å²) in [6, 6.07) is 4.62. The summed E-state index contributed by atoms with van der Waals surface area (Å²) < 4.78 is 0. The molecule has 1 aromatic carbocycles. The fraction of sp³-hybridized carbons (Fsp3) is 0.273. The monoisotopic (exact) mass is 194 g/mol. The minimum Gasteiger partial charge on any atom is -0.478 e. The van der Waals surface area contributed by atoms with E-state index in [0.717, 1.165) is 0 Å². The lowest BCUT2D eigenvalue weighted by Gasteiger charge is -2.01. The molecular formula is C11H14O3. The maximum atomic E-state index is 10.6. The van der Waals surface area contributed by atoms with Crippen LogP contribution in [0.2, 0.25) is 0 Å². The number of hydrogen-bond acceptors (Lipinski definition) is 2. The molecule has 0 heterocycles. The van der Waals surface area contributed by atoms with Crippen LogP contribution in [-0.2, 0) is 0 Å². The van der Waals surface area contributed by atoms with Crippen molar-refractivity contribution in [1.82, 2.24) is 0 Å². The fourth-order valence-corrected chi connectivity index (χ4v) is 1.01. The molecule has 0 saturated heterocycles. The summed E-state index contributed by atoms with van der Waals surface area (Å²) in [6.07, 6.45) is 0.655. The van der Waals surface area contributed by atoms with Crippen molar-refractivity contribution in [2.75, 3.05) is 0 Å². The number of rotatable bonds is 2. The first-order valence-corrected chi connectivity index (χ1v) is 4.45. The van der Waals surface area contributed by atoms with Crippen LogP contribution in [0.5, 0.6) is 0 Å². The molecule has 1 N–H and O–H groups in total. The van der Waals surface area contributed by atoms with Crippen molar-refractivity contribution >= 4 is 12.3 Å². The summed E-state index contributed by atoms with van der Waals surface area (Å²) in [5.74, 6) is -1.00. The smallest absolute Gasteiger partial charge is 0.335 e. The maximum Gasteiger partial charge on any atom is 0.335 e. The van der Waals surface area contributed by atoms with Crippen LogP contribution in [0.3, 0.4) is 0 Å². The zero-order valence-electron chi connectivity index (χ0n) is 8.57. The van der Waals surface area contributed by atoms with Crippen molar-refractivity contribution in [3.05, 3.63) is 34.9 Å². The van der Waals surface area contributed by atoms with Crippen molar-refractivity contribution in [1.29, 1.82) is 0 Å². The molecule has 0 bridgehead atoms. The van der Waals surface area contributed by atoms with Gasteiger partial charge in [-0.25, -0.2) is 4.79 Å². The largest absolute Gasteiger partial charge is 0.478 e. The van der Waals surface area contributed by atoms with Gasteiger partial charge in [0, 0.05) is 5.56 Å². The number of aldehydes is 1. The van der Waals surface area contributed by atoms with Gasteiger partial charge >= 0.3 is 5.97 Å². The van der Waals surface area contributed by atoms with Crippen LogP contribution in [0.25, 0.3) is 0 Å². The van der Waals surface area contributed by atoms with Crippen LogP contribution in [-0.4, -0.2) is 17.4 Å². The molecule has 0 aromatic heterocycles. The summed E-state index contributed by atoms with van der Waals surface area (Å²) in [6.45, 7) is 5.62. The minimum atomic E-state index is -1.00. The van der Waals surface area contributed by atoms with E-state index in [1.165, 1.54) is 6.07 Å². The highest BCUT2D eigenvalue weighted by Gasteiger charge is 2.08. The number of carbonyl (C=O) groups is 2. The van der Waals surface area contributed by atoms with Gasteiger partial charge in [-0.15, -0.1) is 0 Å². The quantitative estimate of drug-likeness (QED) is 0.736. The zero-order chi connectivity index (χ0) is 11.1. The highest BCUT2D eigenvalue weighted by Crippen LogP contribution is 2.11. The van der Waals surface area contributed by atoms with E-state index in [1.54, 1.807) is 19.1 Å². The van der Waals surface area contributed by atoms with E-state index in [2.05, 4.69) is 0 Å². The number of hydrogen-bond donors (Lipinski definition) is 1. The Kier molecular flexibility index (Phi) is 5.22. The van der Waals surface area contributed by atoms with Gasteiger partial charge in [0.2, 0.25) is 0 Å². The predicted molar refractivity (Wildman–Crippen MR) is 54.9 cm³/mol. The van der Waals surface area contributed by atoms with Crippen molar-refractivity contribution in [2.24, 2.45) is 0 Å². The molecule has 76 valence electrons. The molecule has 0 amide bonds. The SMILES string of the molecule is CC.Cc1c(C=O)cccc1C(=O)O. The second kappa shape index (κ2) is 5.91. The normalized spacial score (nSPS) is 8.50. The molecule has 3 nitrogen and oxygen atoms in total. The number of benzene rings is 1. The lowest BCUT2D eigenvalue weighted by atomic mass is 10.0. The van der Waals surface area contributed by atoms with Crippen LogP contribution in [0, 0.1) is 6.92 Å². The number of carboxylic acids is 1. The Bertz CT molecular complexity index is 329. The molecule has 0 atom stereocenters. The summed E-state index contributed by atoms with van der Waals surface area (Å²) >= 11 is 0. The van der Waals surface area contributed by atoms with E-state index < -0.39 is 5.97 Å². The Morgan fingerprint density at radius 1 is 1.36 bits per heavy atom. The average molecular weight is 194 g/mol. The number of carbonyl (C=O) groups excluding carboxylic acids is 1. The summed E-state index contributed by atoms with van der Waals surface area (Å²) in [5.41, 5.74) is 1.12. The molecule has 0 fully saturated rings. The Balaban J connectivity index is 0.000000791.